The number of carbonyl (C=O) groups is 1. The number of hydrogen-bond acceptors (Lipinski definition) is 3. The summed E-state index contributed by atoms with van der Waals surface area (Å²) in [7, 11) is -3.13. The smallest absolute Gasteiger partial charge is 0.306 e. The molecule has 2 rings (SSSR count). The average Bonchev–Trinajstić information content (AvgIpc) is 3.07. The van der Waals surface area contributed by atoms with Crippen molar-refractivity contribution in [2.75, 3.05) is 6.54 Å². The van der Waals surface area contributed by atoms with Gasteiger partial charge in [0, 0.05) is 6.54 Å². The Kier molecular flexibility index (Phi) is 3.96. The Bertz CT molecular complexity index is 416. The monoisotopic (exact) mass is 275 g/mol. The van der Waals surface area contributed by atoms with Crippen molar-refractivity contribution < 1.29 is 18.3 Å². The van der Waals surface area contributed by atoms with Crippen molar-refractivity contribution in [2.24, 2.45) is 17.8 Å². The van der Waals surface area contributed by atoms with E-state index in [1.807, 2.05) is 6.92 Å². The third-order valence-corrected chi connectivity index (χ3v) is 6.09. The van der Waals surface area contributed by atoms with Gasteiger partial charge < -0.3 is 5.11 Å². The lowest BCUT2D eigenvalue weighted by molar-refractivity contribution is -0.143. The van der Waals surface area contributed by atoms with Gasteiger partial charge in [-0.05, 0) is 37.5 Å². The summed E-state index contributed by atoms with van der Waals surface area (Å²) in [6.45, 7) is 2.40. The van der Waals surface area contributed by atoms with Crippen LogP contribution in [0.15, 0.2) is 0 Å². The van der Waals surface area contributed by atoms with E-state index in [0.29, 0.717) is 13.0 Å². The fourth-order valence-electron chi connectivity index (χ4n) is 2.89. The van der Waals surface area contributed by atoms with E-state index in [1.165, 1.54) is 0 Å². The molecule has 2 fully saturated rings. The molecule has 2 saturated carbocycles. The summed E-state index contributed by atoms with van der Waals surface area (Å²) in [4.78, 5) is 11.1. The number of hydrogen-bond donors (Lipinski definition) is 2. The van der Waals surface area contributed by atoms with Crippen molar-refractivity contribution in [2.45, 2.75) is 44.3 Å². The van der Waals surface area contributed by atoms with Crippen LogP contribution in [0.25, 0.3) is 0 Å². The van der Waals surface area contributed by atoms with Gasteiger partial charge in [-0.3, -0.25) is 4.79 Å². The maximum absolute atomic E-state index is 11.7. The topological polar surface area (TPSA) is 83.5 Å². The summed E-state index contributed by atoms with van der Waals surface area (Å²) in [5, 5.41) is 8.92. The van der Waals surface area contributed by atoms with Crippen molar-refractivity contribution in [1.82, 2.24) is 4.72 Å². The van der Waals surface area contributed by atoms with E-state index in [0.717, 1.165) is 25.7 Å². The molecule has 104 valence electrons. The number of carboxylic acid groups (broad SMARTS) is 1. The molecule has 0 spiro atoms. The maximum Gasteiger partial charge on any atom is 0.306 e. The third-order valence-electron chi connectivity index (χ3n) is 4.17. The van der Waals surface area contributed by atoms with Gasteiger partial charge in [-0.1, -0.05) is 13.3 Å². The Balaban J connectivity index is 1.86. The lowest BCUT2D eigenvalue weighted by Crippen LogP contribution is -2.31. The van der Waals surface area contributed by atoms with Gasteiger partial charge in [0.1, 0.15) is 0 Å². The van der Waals surface area contributed by atoms with Crippen LogP contribution in [-0.2, 0) is 14.8 Å². The molecule has 0 aromatic rings. The van der Waals surface area contributed by atoms with Crippen LogP contribution in [-0.4, -0.2) is 31.3 Å². The van der Waals surface area contributed by atoms with Crippen molar-refractivity contribution in [3.8, 4) is 0 Å². The van der Waals surface area contributed by atoms with Crippen LogP contribution in [0.5, 0.6) is 0 Å². The molecule has 3 unspecified atom stereocenters. The molecule has 0 amide bonds. The molecule has 18 heavy (non-hydrogen) atoms. The fraction of sp³-hybridized carbons (Fsp3) is 0.917. The van der Waals surface area contributed by atoms with Crippen LogP contribution in [0, 0.1) is 17.8 Å². The zero-order chi connectivity index (χ0) is 13.3. The standard InChI is InChI=1S/C12H21NO4S/c1-2-9-5-8(6-11(9)12(14)15)7-13-18(16,17)10-3-4-10/h8-11,13H,2-7H2,1H3,(H,14,15). The first-order chi connectivity index (χ1) is 8.44. The molecule has 0 heterocycles. The SMILES string of the molecule is CCC1CC(CNS(=O)(=O)C2CC2)CC1C(=O)O. The summed E-state index contributed by atoms with van der Waals surface area (Å²) >= 11 is 0. The number of rotatable bonds is 6. The van der Waals surface area contributed by atoms with Crippen LogP contribution in [0.1, 0.15) is 39.0 Å². The van der Waals surface area contributed by atoms with Gasteiger partial charge in [0.25, 0.3) is 0 Å². The number of carboxylic acids is 1. The molecular weight excluding hydrogens is 254 g/mol. The molecule has 0 aromatic carbocycles. The zero-order valence-electron chi connectivity index (χ0n) is 10.6. The minimum atomic E-state index is -3.13. The summed E-state index contributed by atoms with van der Waals surface area (Å²) in [6, 6.07) is 0. The lowest BCUT2D eigenvalue weighted by Gasteiger charge is -2.11. The van der Waals surface area contributed by atoms with Gasteiger partial charge in [-0.2, -0.15) is 0 Å². The van der Waals surface area contributed by atoms with Crippen LogP contribution in [0.4, 0.5) is 0 Å². The van der Waals surface area contributed by atoms with Crippen LogP contribution in [0.2, 0.25) is 0 Å². The Morgan fingerprint density at radius 2 is 2.00 bits per heavy atom. The van der Waals surface area contributed by atoms with E-state index in [-0.39, 0.29) is 23.0 Å². The minimum absolute atomic E-state index is 0.171. The molecule has 0 saturated heterocycles. The molecule has 2 aliphatic rings. The summed E-state index contributed by atoms with van der Waals surface area (Å²) in [5.74, 6) is -0.678. The Morgan fingerprint density at radius 3 is 2.44 bits per heavy atom. The third kappa shape index (κ3) is 3.03. The van der Waals surface area contributed by atoms with E-state index in [4.69, 9.17) is 5.11 Å². The highest BCUT2D eigenvalue weighted by atomic mass is 32.2. The highest BCUT2D eigenvalue weighted by Gasteiger charge is 2.40. The molecule has 3 atom stereocenters. The Labute approximate surface area is 108 Å². The van der Waals surface area contributed by atoms with E-state index in [1.54, 1.807) is 0 Å². The van der Waals surface area contributed by atoms with Crippen molar-refractivity contribution >= 4 is 16.0 Å². The van der Waals surface area contributed by atoms with E-state index >= 15 is 0 Å². The van der Waals surface area contributed by atoms with Gasteiger partial charge >= 0.3 is 5.97 Å². The molecule has 0 aliphatic heterocycles. The first kappa shape index (κ1) is 13.8. The molecular formula is C12H21NO4S. The van der Waals surface area contributed by atoms with Gasteiger partial charge in [-0.15, -0.1) is 0 Å². The molecule has 5 nitrogen and oxygen atoms in total. The predicted molar refractivity (Wildman–Crippen MR) is 67.6 cm³/mol. The molecule has 0 aromatic heterocycles. The highest BCUT2D eigenvalue weighted by molar-refractivity contribution is 7.90. The minimum Gasteiger partial charge on any atom is -0.481 e. The zero-order valence-corrected chi connectivity index (χ0v) is 11.4. The molecule has 2 aliphatic carbocycles. The lowest BCUT2D eigenvalue weighted by atomic mass is 9.94. The second kappa shape index (κ2) is 5.17. The largest absolute Gasteiger partial charge is 0.481 e. The second-order valence-electron chi connectivity index (χ2n) is 5.54. The normalized spacial score (nSPS) is 32.6. The van der Waals surface area contributed by atoms with Crippen molar-refractivity contribution in [1.29, 1.82) is 0 Å². The van der Waals surface area contributed by atoms with Crippen molar-refractivity contribution in [3.05, 3.63) is 0 Å². The van der Waals surface area contributed by atoms with E-state index in [9.17, 15) is 13.2 Å². The number of nitrogens with one attached hydrogen (secondary N) is 1. The molecule has 6 heteroatoms. The summed E-state index contributed by atoms with van der Waals surface area (Å²) in [6.07, 6.45) is 3.79. The molecule has 0 bridgehead atoms. The average molecular weight is 275 g/mol. The quantitative estimate of drug-likeness (QED) is 0.763. The van der Waals surface area contributed by atoms with Gasteiger partial charge in [0.2, 0.25) is 10.0 Å². The van der Waals surface area contributed by atoms with E-state index < -0.39 is 16.0 Å². The highest BCUT2D eigenvalue weighted by Crippen LogP contribution is 2.38. The van der Waals surface area contributed by atoms with Crippen LogP contribution in [0.3, 0.4) is 0 Å². The van der Waals surface area contributed by atoms with Gasteiger partial charge in [0.15, 0.2) is 0 Å². The van der Waals surface area contributed by atoms with E-state index in [2.05, 4.69) is 4.72 Å². The van der Waals surface area contributed by atoms with Crippen molar-refractivity contribution in [3.63, 3.8) is 0 Å². The maximum atomic E-state index is 11.7. The fourth-order valence-corrected chi connectivity index (χ4v) is 4.35. The Hall–Kier alpha value is -0.620. The first-order valence-electron chi connectivity index (χ1n) is 6.65. The number of aliphatic carboxylic acids is 1. The first-order valence-corrected chi connectivity index (χ1v) is 8.20. The van der Waals surface area contributed by atoms with Gasteiger partial charge in [0.05, 0.1) is 11.2 Å². The van der Waals surface area contributed by atoms with Crippen LogP contribution >= 0.6 is 0 Å². The molecule has 2 N–H and O–H groups in total. The molecule has 0 radical (unpaired) electrons. The van der Waals surface area contributed by atoms with Crippen LogP contribution < -0.4 is 4.72 Å². The Morgan fingerprint density at radius 1 is 1.33 bits per heavy atom. The summed E-state index contributed by atoms with van der Waals surface area (Å²) in [5.41, 5.74) is 0. The number of sulfonamides is 1. The summed E-state index contributed by atoms with van der Waals surface area (Å²) < 4.78 is 26.0. The van der Waals surface area contributed by atoms with Gasteiger partial charge in [-0.25, -0.2) is 13.1 Å². The second-order valence-corrected chi connectivity index (χ2v) is 7.59. The predicted octanol–water partition coefficient (Wildman–Crippen LogP) is 1.21.